The normalized spacial score (nSPS) is 20.4. The van der Waals surface area contributed by atoms with Crippen LogP contribution in [0.15, 0.2) is 0 Å². The van der Waals surface area contributed by atoms with E-state index in [-0.39, 0.29) is 11.8 Å². The van der Waals surface area contributed by atoms with Crippen LogP contribution in [-0.4, -0.2) is 38.8 Å². The number of carbonyl (C=O) groups excluding carboxylic acids is 1. The summed E-state index contributed by atoms with van der Waals surface area (Å²) >= 11 is 0. The van der Waals surface area contributed by atoms with Crippen LogP contribution in [0.5, 0.6) is 0 Å². The fraction of sp³-hybridized carbons (Fsp3) is 0.900. The van der Waals surface area contributed by atoms with E-state index in [0.717, 1.165) is 32.6 Å². The molecular weight excluding hydrogens is 180 g/mol. The maximum atomic E-state index is 11.6. The Morgan fingerprint density at radius 1 is 1.50 bits per heavy atom. The van der Waals surface area contributed by atoms with Gasteiger partial charge in [-0.25, -0.2) is 0 Å². The van der Waals surface area contributed by atoms with Gasteiger partial charge in [0.1, 0.15) is 0 Å². The molecule has 0 radical (unpaired) electrons. The van der Waals surface area contributed by atoms with E-state index in [1.165, 1.54) is 0 Å². The van der Waals surface area contributed by atoms with E-state index >= 15 is 0 Å². The van der Waals surface area contributed by atoms with Gasteiger partial charge < -0.3 is 15.4 Å². The van der Waals surface area contributed by atoms with Gasteiger partial charge in [0.05, 0.1) is 0 Å². The second-order valence-corrected chi connectivity index (χ2v) is 3.85. The third-order valence-electron chi connectivity index (χ3n) is 2.53. The average molecular weight is 200 g/mol. The van der Waals surface area contributed by atoms with Crippen molar-refractivity contribution >= 4 is 5.91 Å². The smallest absolute Gasteiger partial charge is 0.224 e. The predicted molar refractivity (Wildman–Crippen MR) is 55.1 cm³/mol. The summed E-state index contributed by atoms with van der Waals surface area (Å²) in [5, 5.41) is 6.04. The first-order chi connectivity index (χ1) is 6.74. The van der Waals surface area contributed by atoms with E-state index in [0.29, 0.717) is 6.04 Å². The van der Waals surface area contributed by atoms with Gasteiger partial charge in [-0.2, -0.15) is 0 Å². The van der Waals surface area contributed by atoms with E-state index in [1.54, 1.807) is 0 Å². The predicted octanol–water partition coefficient (Wildman–Crippen LogP) is 0.137. The molecule has 1 rings (SSSR count). The highest BCUT2D eigenvalue weighted by Crippen LogP contribution is 2.07. The van der Waals surface area contributed by atoms with E-state index in [4.69, 9.17) is 4.74 Å². The van der Waals surface area contributed by atoms with Crippen LogP contribution < -0.4 is 10.6 Å². The zero-order chi connectivity index (χ0) is 10.4. The fourth-order valence-corrected chi connectivity index (χ4v) is 1.58. The lowest BCUT2D eigenvalue weighted by molar-refractivity contribution is -0.125. The SMILES string of the molecule is CNCC(C)C(=O)NC1CCOCC1. The van der Waals surface area contributed by atoms with Crippen LogP contribution >= 0.6 is 0 Å². The Morgan fingerprint density at radius 2 is 2.14 bits per heavy atom. The van der Waals surface area contributed by atoms with E-state index in [2.05, 4.69) is 10.6 Å². The minimum absolute atomic E-state index is 0.0443. The van der Waals surface area contributed by atoms with Crippen LogP contribution in [0.3, 0.4) is 0 Å². The van der Waals surface area contributed by atoms with E-state index in [9.17, 15) is 4.79 Å². The number of rotatable bonds is 4. The Balaban J connectivity index is 2.24. The first kappa shape index (κ1) is 11.5. The molecule has 4 nitrogen and oxygen atoms in total. The fourth-order valence-electron chi connectivity index (χ4n) is 1.58. The summed E-state index contributed by atoms with van der Waals surface area (Å²) in [6.45, 7) is 4.21. The first-order valence-corrected chi connectivity index (χ1v) is 5.26. The first-order valence-electron chi connectivity index (χ1n) is 5.26. The molecule has 4 heteroatoms. The van der Waals surface area contributed by atoms with Crippen molar-refractivity contribution in [2.45, 2.75) is 25.8 Å². The summed E-state index contributed by atoms with van der Waals surface area (Å²) in [7, 11) is 1.86. The van der Waals surface area contributed by atoms with Crippen LogP contribution in [0, 0.1) is 5.92 Å². The molecule has 1 heterocycles. The van der Waals surface area contributed by atoms with Crippen LogP contribution in [-0.2, 0) is 9.53 Å². The zero-order valence-electron chi connectivity index (χ0n) is 9.01. The average Bonchev–Trinajstić information content (AvgIpc) is 2.19. The lowest BCUT2D eigenvalue weighted by atomic mass is 10.1. The lowest BCUT2D eigenvalue weighted by Crippen LogP contribution is -2.43. The van der Waals surface area contributed by atoms with Gasteiger partial charge in [0.25, 0.3) is 0 Å². The molecule has 1 amide bonds. The number of amides is 1. The molecule has 1 aliphatic heterocycles. The molecule has 14 heavy (non-hydrogen) atoms. The summed E-state index contributed by atoms with van der Waals surface area (Å²) in [5.41, 5.74) is 0. The third kappa shape index (κ3) is 3.64. The van der Waals surface area contributed by atoms with Crippen molar-refractivity contribution in [3.63, 3.8) is 0 Å². The molecule has 1 unspecified atom stereocenters. The second-order valence-electron chi connectivity index (χ2n) is 3.85. The van der Waals surface area contributed by atoms with Crippen LogP contribution in [0.2, 0.25) is 0 Å². The van der Waals surface area contributed by atoms with Crippen molar-refractivity contribution in [2.24, 2.45) is 5.92 Å². The molecule has 0 aromatic heterocycles. The summed E-state index contributed by atoms with van der Waals surface area (Å²) in [6.07, 6.45) is 1.88. The van der Waals surface area contributed by atoms with Crippen molar-refractivity contribution in [3.05, 3.63) is 0 Å². The largest absolute Gasteiger partial charge is 0.381 e. The van der Waals surface area contributed by atoms with Crippen molar-refractivity contribution < 1.29 is 9.53 Å². The highest BCUT2D eigenvalue weighted by atomic mass is 16.5. The molecule has 0 aromatic carbocycles. The maximum Gasteiger partial charge on any atom is 0.224 e. The van der Waals surface area contributed by atoms with Crippen LogP contribution in [0.1, 0.15) is 19.8 Å². The van der Waals surface area contributed by atoms with Crippen molar-refractivity contribution in [3.8, 4) is 0 Å². The summed E-state index contributed by atoms with van der Waals surface area (Å²) < 4.78 is 5.23. The quantitative estimate of drug-likeness (QED) is 0.678. The molecule has 0 aromatic rings. The Hall–Kier alpha value is -0.610. The number of carbonyl (C=O) groups is 1. The topological polar surface area (TPSA) is 50.4 Å². The minimum Gasteiger partial charge on any atom is -0.381 e. The maximum absolute atomic E-state index is 11.6. The lowest BCUT2D eigenvalue weighted by Gasteiger charge is -2.24. The van der Waals surface area contributed by atoms with Gasteiger partial charge >= 0.3 is 0 Å². The molecule has 0 saturated carbocycles. The molecule has 0 bridgehead atoms. The number of hydrogen-bond acceptors (Lipinski definition) is 3. The van der Waals surface area contributed by atoms with Gasteiger partial charge in [-0.3, -0.25) is 4.79 Å². The standard InChI is InChI=1S/C10H20N2O2/c1-8(7-11-2)10(13)12-9-3-5-14-6-4-9/h8-9,11H,3-7H2,1-2H3,(H,12,13). The van der Waals surface area contributed by atoms with Gasteiger partial charge in [0.15, 0.2) is 0 Å². The third-order valence-corrected chi connectivity index (χ3v) is 2.53. The molecular formula is C10H20N2O2. The zero-order valence-corrected chi connectivity index (χ0v) is 9.01. The monoisotopic (exact) mass is 200 g/mol. The molecule has 1 saturated heterocycles. The van der Waals surface area contributed by atoms with E-state index in [1.807, 2.05) is 14.0 Å². The Labute approximate surface area is 85.4 Å². The Morgan fingerprint density at radius 3 is 2.71 bits per heavy atom. The van der Waals surface area contributed by atoms with Gasteiger partial charge in [0, 0.05) is 31.7 Å². The summed E-state index contributed by atoms with van der Waals surface area (Å²) in [4.78, 5) is 11.6. The minimum atomic E-state index is 0.0443. The Kier molecular flexibility index (Phi) is 4.90. The van der Waals surface area contributed by atoms with Crippen molar-refractivity contribution in [2.75, 3.05) is 26.8 Å². The second kappa shape index (κ2) is 5.98. The van der Waals surface area contributed by atoms with Crippen molar-refractivity contribution in [1.29, 1.82) is 0 Å². The van der Waals surface area contributed by atoms with Crippen LogP contribution in [0.4, 0.5) is 0 Å². The van der Waals surface area contributed by atoms with Gasteiger partial charge in [0.2, 0.25) is 5.91 Å². The molecule has 2 N–H and O–H groups in total. The van der Waals surface area contributed by atoms with Gasteiger partial charge in [-0.05, 0) is 19.9 Å². The number of hydrogen-bond donors (Lipinski definition) is 2. The molecule has 82 valence electrons. The Bertz CT molecular complexity index is 179. The van der Waals surface area contributed by atoms with Gasteiger partial charge in [-0.15, -0.1) is 0 Å². The van der Waals surface area contributed by atoms with Gasteiger partial charge in [-0.1, -0.05) is 6.92 Å². The molecule has 0 spiro atoms. The van der Waals surface area contributed by atoms with Crippen LogP contribution in [0.25, 0.3) is 0 Å². The molecule has 1 atom stereocenters. The highest BCUT2D eigenvalue weighted by molar-refractivity contribution is 5.78. The van der Waals surface area contributed by atoms with Crippen molar-refractivity contribution in [1.82, 2.24) is 10.6 Å². The number of nitrogens with one attached hydrogen (secondary N) is 2. The highest BCUT2D eigenvalue weighted by Gasteiger charge is 2.18. The molecule has 1 aliphatic rings. The summed E-state index contributed by atoms with van der Waals surface area (Å²) in [5.74, 6) is 0.189. The summed E-state index contributed by atoms with van der Waals surface area (Å²) in [6, 6.07) is 0.315. The number of ether oxygens (including phenoxy) is 1. The van der Waals surface area contributed by atoms with E-state index < -0.39 is 0 Å². The molecule has 0 aliphatic carbocycles. The molecule has 1 fully saturated rings.